The summed E-state index contributed by atoms with van der Waals surface area (Å²) in [5, 5.41) is 0. The summed E-state index contributed by atoms with van der Waals surface area (Å²) in [6.07, 6.45) is 9.86. The Labute approximate surface area is 301 Å². The summed E-state index contributed by atoms with van der Waals surface area (Å²) in [5.41, 5.74) is 8.57. The third kappa shape index (κ3) is 5.43. The third-order valence-electron chi connectivity index (χ3n) is 15.6. The molecule has 7 aliphatic rings. The van der Waals surface area contributed by atoms with E-state index in [0.29, 0.717) is 48.8 Å². The normalized spacial score (nSPS) is 46.6. The highest BCUT2D eigenvalue weighted by atomic mass is 16.7. The summed E-state index contributed by atoms with van der Waals surface area (Å²) >= 11 is 0. The van der Waals surface area contributed by atoms with Crippen LogP contribution in [0.5, 0.6) is 0 Å². The van der Waals surface area contributed by atoms with Crippen LogP contribution in [0.15, 0.2) is 12.2 Å². The van der Waals surface area contributed by atoms with Crippen LogP contribution in [-0.4, -0.2) is 78.5 Å². The number of amides is 1. The first-order valence-electron chi connectivity index (χ1n) is 19.8. The molecule has 9 nitrogen and oxygen atoms in total. The average molecular weight is 699 g/mol. The third-order valence-corrected chi connectivity index (χ3v) is 15.6. The summed E-state index contributed by atoms with van der Waals surface area (Å²) in [7, 11) is 0. The molecule has 7 rings (SSSR count). The minimum atomic E-state index is -0.536. The Kier molecular flexibility index (Phi) is 8.93. The molecule has 7 fully saturated rings. The molecular weight excluding hydrogens is 632 g/mol. The van der Waals surface area contributed by atoms with E-state index in [1.807, 2.05) is 27.7 Å². The first-order chi connectivity index (χ1) is 23.3. The lowest BCUT2D eigenvalue weighted by molar-refractivity contribution is -0.243. The van der Waals surface area contributed by atoms with Crippen molar-refractivity contribution in [2.24, 2.45) is 51.1 Å². The maximum Gasteiger partial charge on any atom is 0.410 e. The van der Waals surface area contributed by atoms with Gasteiger partial charge in [0, 0.05) is 19.0 Å². The molecule has 0 aromatic rings. The van der Waals surface area contributed by atoms with Gasteiger partial charge in [-0.2, -0.15) is 0 Å². The SMILES string of the molecule is C=C(C)[C@@H](OC(C)=O)[C@@H]1C[C@@H](CC)[C@H]2C(C[C@@]3(N)C4CC[C@H]5C(C)(C)[C@@H](O[C@H]6CN(C(=O)OC(C)(C)C)CCO6)CC[C@@]56C[C@@]46CC[C@]23C)O1. The van der Waals surface area contributed by atoms with Crippen LogP contribution in [-0.2, 0) is 28.5 Å². The zero-order valence-corrected chi connectivity index (χ0v) is 32.5. The maximum atomic E-state index is 12.9. The summed E-state index contributed by atoms with van der Waals surface area (Å²) in [4.78, 5) is 26.7. The summed E-state index contributed by atoms with van der Waals surface area (Å²) < 4.78 is 31.4. The lowest BCUT2D eigenvalue weighted by Crippen LogP contribution is -2.66. The van der Waals surface area contributed by atoms with Crippen molar-refractivity contribution in [1.82, 2.24) is 4.90 Å². The van der Waals surface area contributed by atoms with E-state index in [1.165, 1.54) is 32.6 Å². The number of morpholine rings is 1. The number of carbonyl (C=O) groups excluding carboxylic acids is 2. The van der Waals surface area contributed by atoms with Crippen molar-refractivity contribution >= 4 is 12.1 Å². The molecule has 2 heterocycles. The van der Waals surface area contributed by atoms with Crippen LogP contribution in [0, 0.1) is 45.3 Å². The number of fused-ring (bicyclic) bond motifs is 4. The smallest absolute Gasteiger partial charge is 0.410 e. The van der Waals surface area contributed by atoms with Gasteiger partial charge in [0.15, 0.2) is 6.29 Å². The van der Waals surface area contributed by atoms with Crippen LogP contribution in [0.25, 0.3) is 0 Å². The Morgan fingerprint density at radius 2 is 1.74 bits per heavy atom. The van der Waals surface area contributed by atoms with Crippen LogP contribution in [0.2, 0.25) is 0 Å². The van der Waals surface area contributed by atoms with E-state index in [0.717, 1.165) is 44.1 Å². The summed E-state index contributed by atoms with van der Waals surface area (Å²) in [6, 6.07) is 0. The van der Waals surface area contributed by atoms with Crippen molar-refractivity contribution < 1.29 is 33.3 Å². The molecule has 282 valence electrons. The number of carbonyl (C=O) groups is 2. The second-order valence-electron chi connectivity index (χ2n) is 19.6. The van der Waals surface area contributed by atoms with Crippen LogP contribution >= 0.6 is 0 Å². The molecule has 9 heteroatoms. The molecule has 0 aromatic carbocycles. The first kappa shape index (κ1) is 36.7. The fraction of sp³-hybridized carbons (Fsp3) is 0.902. The van der Waals surface area contributed by atoms with Crippen molar-refractivity contribution in [1.29, 1.82) is 0 Å². The van der Waals surface area contributed by atoms with Crippen LogP contribution < -0.4 is 5.73 Å². The Morgan fingerprint density at radius 1 is 1.04 bits per heavy atom. The molecule has 1 amide bonds. The number of nitrogens with two attached hydrogens (primary N) is 1. The van der Waals surface area contributed by atoms with Crippen LogP contribution in [0.1, 0.15) is 127 Å². The molecular formula is C41H66N2O7. The topological polar surface area (TPSA) is 110 Å². The Morgan fingerprint density at radius 3 is 2.40 bits per heavy atom. The van der Waals surface area contributed by atoms with Crippen LogP contribution in [0.3, 0.4) is 0 Å². The summed E-state index contributed by atoms with van der Waals surface area (Å²) in [6.45, 7) is 24.4. The van der Waals surface area contributed by atoms with E-state index in [4.69, 9.17) is 29.4 Å². The van der Waals surface area contributed by atoms with E-state index in [9.17, 15) is 9.59 Å². The quantitative estimate of drug-likeness (QED) is 0.226. The van der Waals surface area contributed by atoms with Crippen molar-refractivity contribution in [2.45, 2.75) is 168 Å². The van der Waals surface area contributed by atoms with E-state index >= 15 is 0 Å². The number of ether oxygens (including phenoxy) is 5. The van der Waals surface area contributed by atoms with E-state index < -0.39 is 18.0 Å². The minimum Gasteiger partial charge on any atom is -0.455 e. The van der Waals surface area contributed by atoms with Gasteiger partial charge in [-0.15, -0.1) is 0 Å². The van der Waals surface area contributed by atoms with Crippen molar-refractivity contribution in [3.05, 3.63) is 12.2 Å². The number of hydrogen-bond donors (Lipinski definition) is 1. The van der Waals surface area contributed by atoms with E-state index in [-0.39, 0.29) is 52.2 Å². The molecule has 2 aliphatic heterocycles. The molecule has 0 aromatic heterocycles. The number of esters is 1. The zero-order valence-electron chi connectivity index (χ0n) is 32.5. The van der Waals surface area contributed by atoms with Gasteiger partial charge in [0.25, 0.3) is 0 Å². The molecule has 0 radical (unpaired) electrons. The zero-order chi connectivity index (χ0) is 36.2. The largest absolute Gasteiger partial charge is 0.455 e. The lowest BCUT2D eigenvalue weighted by Gasteiger charge is -2.63. The van der Waals surface area contributed by atoms with E-state index in [1.54, 1.807) is 4.90 Å². The predicted molar refractivity (Wildman–Crippen MR) is 191 cm³/mol. The molecule has 13 atom stereocenters. The monoisotopic (exact) mass is 698 g/mol. The fourth-order valence-corrected chi connectivity index (χ4v) is 13.6. The molecule has 2 unspecified atom stereocenters. The van der Waals surface area contributed by atoms with Crippen LogP contribution in [0.4, 0.5) is 4.79 Å². The molecule has 5 aliphatic carbocycles. The highest BCUT2D eigenvalue weighted by Gasteiger charge is 2.83. The molecule has 2 saturated heterocycles. The predicted octanol–water partition coefficient (Wildman–Crippen LogP) is 7.40. The highest BCUT2D eigenvalue weighted by Crippen LogP contribution is 2.87. The molecule has 5 saturated carbocycles. The van der Waals surface area contributed by atoms with Gasteiger partial charge in [-0.25, -0.2) is 4.79 Å². The highest BCUT2D eigenvalue weighted by molar-refractivity contribution is 5.68. The van der Waals surface area contributed by atoms with Gasteiger partial charge in [-0.1, -0.05) is 40.7 Å². The second kappa shape index (κ2) is 12.2. The number of hydrogen-bond acceptors (Lipinski definition) is 8. The average Bonchev–Trinajstić information content (AvgIpc) is 3.63. The van der Waals surface area contributed by atoms with Gasteiger partial charge < -0.3 is 34.3 Å². The second-order valence-corrected chi connectivity index (χ2v) is 19.6. The Hall–Kier alpha value is -1.68. The molecule has 2 N–H and O–H groups in total. The van der Waals surface area contributed by atoms with Crippen molar-refractivity contribution in [2.75, 3.05) is 19.7 Å². The number of rotatable bonds is 6. The fourth-order valence-electron chi connectivity index (χ4n) is 13.6. The van der Waals surface area contributed by atoms with Gasteiger partial charge in [0.05, 0.1) is 31.5 Å². The van der Waals surface area contributed by atoms with E-state index in [2.05, 4.69) is 34.3 Å². The van der Waals surface area contributed by atoms with Crippen molar-refractivity contribution in [3.63, 3.8) is 0 Å². The van der Waals surface area contributed by atoms with Gasteiger partial charge >= 0.3 is 12.1 Å². The van der Waals surface area contributed by atoms with Gasteiger partial charge in [-0.3, -0.25) is 4.79 Å². The van der Waals surface area contributed by atoms with Gasteiger partial charge in [0.1, 0.15) is 11.7 Å². The Bertz CT molecular complexity index is 1380. The van der Waals surface area contributed by atoms with Crippen molar-refractivity contribution in [3.8, 4) is 0 Å². The minimum absolute atomic E-state index is 0.0180. The molecule has 50 heavy (non-hydrogen) atoms. The lowest BCUT2D eigenvalue weighted by atomic mass is 9.43. The first-order valence-corrected chi connectivity index (χ1v) is 19.8. The Balaban J connectivity index is 1.08. The number of nitrogens with zero attached hydrogens (tertiary/aromatic N) is 1. The molecule has 2 spiro atoms. The standard InChI is InChI=1S/C41H66N2O7/c1-11-26-20-27(34(24(2)3)47-25(4)44)48-28-21-41(42)30-13-12-29-37(8,9)31(49-32-22-43(18-19-46-32)35(45)50-36(5,6)7)14-15-39(29)23-40(30,39)17-16-38(41,10)33(26)28/h26-34H,2,11-23,42H2,1,3-10H3/t26-,27+,28?,29+,30?,31+,32+,33+,34-,38-,39-,40+,41-/m1/s1. The van der Waals surface area contributed by atoms with Gasteiger partial charge in [-0.05, 0) is 136 Å². The molecule has 0 bridgehead atoms. The van der Waals surface area contributed by atoms with Gasteiger partial charge in [0.2, 0.25) is 0 Å². The summed E-state index contributed by atoms with van der Waals surface area (Å²) in [5.74, 6) is 1.66. The maximum absolute atomic E-state index is 12.9.